The molecule has 0 unspecified atom stereocenters. The number of aliphatic hydroxyl groups is 1. The van der Waals surface area contributed by atoms with Gasteiger partial charge in [0.2, 0.25) is 0 Å². The molecule has 1 aromatic rings. The maximum Gasteiger partial charge on any atom is 0.0696 e. The largest absolute Gasteiger partial charge is 0.392 e. The van der Waals surface area contributed by atoms with Gasteiger partial charge >= 0.3 is 0 Å². The number of halogens is 1. The smallest absolute Gasteiger partial charge is 0.0696 e. The van der Waals surface area contributed by atoms with Gasteiger partial charge in [0.1, 0.15) is 0 Å². The summed E-state index contributed by atoms with van der Waals surface area (Å²) in [5.41, 5.74) is 1.95. The van der Waals surface area contributed by atoms with Crippen molar-refractivity contribution >= 4 is 17.3 Å². The van der Waals surface area contributed by atoms with Crippen molar-refractivity contribution < 1.29 is 5.11 Å². The highest BCUT2D eigenvalue weighted by Crippen LogP contribution is 2.31. The van der Waals surface area contributed by atoms with E-state index in [0.717, 1.165) is 17.2 Å². The lowest BCUT2D eigenvalue weighted by molar-refractivity contribution is 0.282. The molecule has 1 aromatic carbocycles. The van der Waals surface area contributed by atoms with Crippen LogP contribution in [0.2, 0.25) is 5.02 Å². The number of anilines is 1. The molecular weight excluding hydrogens is 246 g/mol. The van der Waals surface area contributed by atoms with Crippen molar-refractivity contribution in [2.24, 2.45) is 5.92 Å². The Bertz CT molecular complexity index is 399. The van der Waals surface area contributed by atoms with E-state index >= 15 is 0 Å². The summed E-state index contributed by atoms with van der Waals surface area (Å²) in [4.78, 5) is 2.33. The first-order valence-electron chi connectivity index (χ1n) is 6.74. The van der Waals surface area contributed by atoms with Gasteiger partial charge in [0.15, 0.2) is 0 Å². The fourth-order valence-electron chi connectivity index (χ4n) is 2.72. The molecular formula is C15H22ClNO. The average Bonchev–Trinajstić information content (AvgIpc) is 2.38. The molecule has 1 N–H and O–H groups in total. The van der Waals surface area contributed by atoms with E-state index in [1.165, 1.54) is 25.7 Å². The van der Waals surface area contributed by atoms with Gasteiger partial charge < -0.3 is 10.0 Å². The van der Waals surface area contributed by atoms with Gasteiger partial charge in [-0.3, -0.25) is 0 Å². The first-order chi connectivity index (χ1) is 8.61. The Hall–Kier alpha value is -0.730. The van der Waals surface area contributed by atoms with Crippen LogP contribution in [0.4, 0.5) is 5.69 Å². The molecule has 1 fully saturated rings. The third kappa shape index (κ3) is 2.99. The van der Waals surface area contributed by atoms with Gasteiger partial charge in [-0.05, 0) is 49.3 Å². The van der Waals surface area contributed by atoms with Crippen molar-refractivity contribution in [2.45, 2.75) is 45.3 Å². The van der Waals surface area contributed by atoms with Crippen molar-refractivity contribution in [3.8, 4) is 0 Å². The summed E-state index contributed by atoms with van der Waals surface area (Å²) in [5.74, 6) is 0.870. The van der Waals surface area contributed by atoms with E-state index in [-0.39, 0.29) is 6.61 Å². The SMILES string of the molecule is CC1CCC(N(C)c2ccc(CO)c(Cl)c2)CC1. The first-order valence-corrected chi connectivity index (χ1v) is 7.11. The van der Waals surface area contributed by atoms with Gasteiger partial charge in [-0.1, -0.05) is 24.6 Å². The van der Waals surface area contributed by atoms with Crippen molar-refractivity contribution in [3.05, 3.63) is 28.8 Å². The number of hydrogen-bond donors (Lipinski definition) is 1. The van der Waals surface area contributed by atoms with Crippen LogP contribution in [0.15, 0.2) is 18.2 Å². The second-order valence-electron chi connectivity index (χ2n) is 5.46. The minimum atomic E-state index is 0.00374. The molecule has 1 aliphatic carbocycles. The van der Waals surface area contributed by atoms with Crippen LogP contribution in [0.5, 0.6) is 0 Å². The summed E-state index contributed by atoms with van der Waals surface area (Å²) in [6.45, 7) is 2.34. The summed E-state index contributed by atoms with van der Waals surface area (Å²) >= 11 is 6.15. The van der Waals surface area contributed by atoms with Gasteiger partial charge in [0, 0.05) is 23.8 Å². The molecule has 18 heavy (non-hydrogen) atoms. The minimum absolute atomic E-state index is 0.00374. The third-order valence-corrected chi connectivity index (χ3v) is 4.50. The average molecular weight is 268 g/mol. The number of hydrogen-bond acceptors (Lipinski definition) is 2. The zero-order chi connectivity index (χ0) is 13.1. The Morgan fingerprint density at radius 2 is 1.94 bits per heavy atom. The van der Waals surface area contributed by atoms with Crippen molar-refractivity contribution in [2.75, 3.05) is 11.9 Å². The van der Waals surface area contributed by atoms with Gasteiger partial charge in [0.25, 0.3) is 0 Å². The van der Waals surface area contributed by atoms with Crippen LogP contribution in [0.1, 0.15) is 38.2 Å². The lowest BCUT2D eigenvalue weighted by Gasteiger charge is -2.35. The van der Waals surface area contributed by atoms with Crippen molar-refractivity contribution in [1.82, 2.24) is 0 Å². The maximum absolute atomic E-state index is 9.13. The van der Waals surface area contributed by atoms with Crippen LogP contribution in [0.3, 0.4) is 0 Å². The minimum Gasteiger partial charge on any atom is -0.392 e. The lowest BCUT2D eigenvalue weighted by atomic mass is 9.86. The number of benzene rings is 1. The molecule has 0 bridgehead atoms. The predicted molar refractivity (Wildman–Crippen MR) is 77.2 cm³/mol. The molecule has 0 spiro atoms. The van der Waals surface area contributed by atoms with E-state index in [9.17, 15) is 0 Å². The highest BCUT2D eigenvalue weighted by atomic mass is 35.5. The first kappa shape index (κ1) is 13.7. The molecule has 0 amide bonds. The number of aliphatic hydroxyl groups excluding tert-OH is 1. The second kappa shape index (κ2) is 5.94. The van der Waals surface area contributed by atoms with Crippen molar-refractivity contribution in [1.29, 1.82) is 0 Å². The summed E-state index contributed by atoms with van der Waals surface area (Å²) in [7, 11) is 2.14. The molecule has 0 radical (unpaired) electrons. The molecule has 3 heteroatoms. The fourth-order valence-corrected chi connectivity index (χ4v) is 2.96. The molecule has 0 aromatic heterocycles. The van der Waals surface area contributed by atoms with E-state index in [4.69, 9.17) is 16.7 Å². The van der Waals surface area contributed by atoms with Crippen LogP contribution in [-0.4, -0.2) is 18.2 Å². The molecule has 0 saturated heterocycles. The topological polar surface area (TPSA) is 23.5 Å². The fraction of sp³-hybridized carbons (Fsp3) is 0.600. The van der Waals surface area contributed by atoms with Gasteiger partial charge in [-0.2, -0.15) is 0 Å². The van der Waals surface area contributed by atoms with Crippen LogP contribution in [0, 0.1) is 5.92 Å². The summed E-state index contributed by atoms with van der Waals surface area (Å²) in [6.07, 6.45) is 5.16. The number of nitrogens with zero attached hydrogens (tertiary/aromatic N) is 1. The van der Waals surface area contributed by atoms with Crippen LogP contribution in [0.25, 0.3) is 0 Å². The van der Waals surface area contributed by atoms with Gasteiger partial charge in [-0.25, -0.2) is 0 Å². The van der Waals surface area contributed by atoms with E-state index in [0.29, 0.717) is 11.1 Å². The van der Waals surface area contributed by atoms with E-state index in [2.05, 4.69) is 24.9 Å². The van der Waals surface area contributed by atoms with Gasteiger partial charge in [0.05, 0.1) is 6.61 Å². The standard InChI is InChI=1S/C15H22ClNO/c1-11-3-6-13(7-4-11)17(2)14-8-5-12(10-18)15(16)9-14/h5,8-9,11,13,18H,3-4,6-7,10H2,1-2H3. The van der Waals surface area contributed by atoms with E-state index < -0.39 is 0 Å². The highest BCUT2D eigenvalue weighted by Gasteiger charge is 2.22. The zero-order valence-electron chi connectivity index (χ0n) is 11.2. The Balaban J connectivity index is 2.08. The third-order valence-electron chi connectivity index (χ3n) is 4.15. The zero-order valence-corrected chi connectivity index (χ0v) is 12.0. The normalized spacial score (nSPS) is 24.0. The highest BCUT2D eigenvalue weighted by molar-refractivity contribution is 6.31. The maximum atomic E-state index is 9.13. The van der Waals surface area contributed by atoms with Crippen LogP contribution in [-0.2, 0) is 6.61 Å². The Morgan fingerprint density at radius 3 is 2.50 bits per heavy atom. The van der Waals surface area contributed by atoms with Crippen LogP contribution >= 0.6 is 11.6 Å². The molecule has 1 aliphatic rings. The molecule has 2 rings (SSSR count). The van der Waals surface area contributed by atoms with E-state index in [1.807, 2.05) is 12.1 Å². The summed E-state index contributed by atoms with van der Waals surface area (Å²) in [6, 6.07) is 6.55. The Kier molecular flexibility index (Phi) is 4.52. The predicted octanol–water partition coefficient (Wildman–Crippen LogP) is 3.85. The second-order valence-corrected chi connectivity index (χ2v) is 5.87. The molecule has 1 saturated carbocycles. The monoisotopic (exact) mass is 267 g/mol. The molecule has 2 nitrogen and oxygen atoms in total. The summed E-state index contributed by atoms with van der Waals surface area (Å²) < 4.78 is 0. The molecule has 0 heterocycles. The Morgan fingerprint density at radius 1 is 1.28 bits per heavy atom. The molecule has 100 valence electrons. The Labute approximate surface area is 115 Å². The van der Waals surface area contributed by atoms with E-state index in [1.54, 1.807) is 0 Å². The number of rotatable bonds is 3. The quantitative estimate of drug-likeness (QED) is 0.899. The summed E-state index contributed by atoms with van der Waals surface area (Å²) in [5, 5.41) is 9.79. The van der Waals surface area contributed by atoms with Crippen LogP contribution < -0.4 is 4.90 Å². The molecule has 0 atom stereocenters. The molecule has 0 aliphatic heterocycles. The van der Waals surface area contributed by atoms with Crippen molar-refractivity contribution in [3.63, 3.8) is 0 Å². The lowest BCUT2D eigenvalue weighted by Crippen LogP contribution is -2.34. The van der Waals surface area contributed by atoms with Gasteiger partial charge in [-0.15, -0.1) is 0 Å².